The van der Waals surface area contributed by atoms with E-state index >= 15 is 0 Å². The molecule has 0 amide bonds. The maximum atomic E-state index is 5.90. The molecule has 0 bridgehead atoms. The van der Waals surface area contributed by atoms with Crippen molar-refractivity contribution in [3.63, 3.8) is 0 Å². The molecule has 3 atom stereocenters. The van der Waals surface area contributed by atoms with Gasteiger partial charge in [0.1, 0.15) is 5.60 Å². The van der Waals surface area contributed by atoms with E-state index in [4.69, 9.17) is 4.74 Å². The predicted molar refractivity (Wildman–Crippen MR) is 52.8 cm³/mol. The summed E-state index contributed by atoms with van der Waals surface area (Å²) in [4.78, 5) is 0. The number of aromatic nitrogens is 2. The fourth-order valence-electron chi connectivity index (χ4n) is 2.76. The molecule has 14 heavy (non-hydrogen) atoms. The van der Waals surface area contributed by atoms with Gasteiger partial charge in [-0.1, -0.05) is 6.92 Å². The summed E-state index contributed by atoms with van der Waals surface area (Å²) in [7, 11) is 2.00. The van der Waals surface area contributed by atoms with Crippen molar-refractivity contribution >= 4 is 0 Å². The molecule has 3 heteroatoms. The Kier molecular flexibility index (Phi) is 1.57. The van der Waals surface area contributed by atoms with Crippen LogP contribution in [-0.2, 0) is 17.4 Å². The van der Waals surface area contributed by atoms with E-state index in [9.17, 15) is 0 Å². The first-order valence-corrected chi connectivity index (χ1v) is 5.39. The van der Waals surface area contributed by atoms with Crippen molar-refractivity contribution in [3.05, 3.63) is 18.0 Å². The number of hydrogen-bond acceptors (Lipinski definition) is 2. The summed E-state index contributed by atoms with van der Waals surface area (Å²) in [6, 6.07) is 2.09. The van der Waals surface area contributed by atoms with Gasteiger partial charge in [0.2, 0.25) is 0 Å². The van der Waals surface area contributed by atoms with Crippen LogP contribution < -0.4 is 0 Å². The van der Waals surface area contributed by atoms with E-state index in [1.165, 1.54) is 25.0 Å². The number of epoxide rings is 1. The molecule has 0 aromatic carbocycles. The molecule has 0 spiro atoms. The van der Waals surface area contributed by atoms with Crippen molar-refractivity contribution in [2.75, 3.05) is 0 Å². The lowest BCUT2D eigenvalue weighted by Crippen LogP contribution is -2.23. The van der Waals surface area contributed by atoms with Gasteiger partial charge in [-0.15, -0.1) is 0 Å². The molecule has 1 saturated heterocycles. The Hall–Kier alpha value is -0.830. The first kappa shape index (κ1) is 8.48. The molecule has 3 unspecified atom stereocenters. The molecule has 1 aromatic heterocycles. The molecule has 0 N–H and O–H groups in total. The zero-order valence-electron chi connectivity index (χ0n) is 8.73. The monoisotopic (exact) mass is 192 g/mol. The fourth-order valence-corrected chi connectivity index (χ4v) is 2.76. The highest BCUT2D eigenvalue weighted by molar-refractivity contribution is 5.23. The van der Waals surface area contributed by atoms with Gasteiger partial charge < -0.3 is 4.74 Å². The second-order valence-electron chi connectivity index (χ2n) is 4.72. The zero-order valence-corrected chi connectivity index (χ0v) is 8.73. The van der Waals surface area contributed by atoms with Gasteiger partial charge in [0, 0.05) is 13.2 Å². The average molecular weight is 192 g/mol. The minimum Gasteiger partial charge on any atom is -0.359 e. The summed E-state index contributed by atoms with van der Waals surface area (Å²) in [6.45, 7) is 2.31. The van der Waals surface area contributed by atoms with Crippen LogP contribution >= 0.6 is 0 Å². The normalized spacial score (nSPS) is 40.7. The van der Waals surface area contributed by atoms with E-state index in [2.05, 4.69) is 18.1 Å². The Morgan fingerprint density at radius 1 is 1.64 bits per heavy atom. The Morgan fingerprint density at radius 3 is 3.14 bits per heavy atom. The fraction of sp³-hybridized carbons (Fsp3) is 0.727. The van der Waals surface area contributed by atoms with Crippen molar-refractivity contribution < 1.29 is 4.74 Å². The van der Waals surface area contributed by atoms with E-state index in [-0.39, 0.29) is 5.60 Å². The van der Waals surface area contributed by atoms with Crippen LogP contribution in [0.4, 0.5) is 0 Å². The number of fused-ring (bicyclic) bond motifs is 1. The number of rotatable bonds is 1. The third-order valence-corrected chi connectivity index (χ3v) is 3.69. The van der Waals surface area contributed by atoms with Gasteiger partial charge >= 0.3 is 0 Å². The van der Waals surface area contributed by atoms with Gasteiger partial charge in [-0.05, 0) is 31.2 Å². The summed E-state index contributed by atoms with van der Waals surface area (Å²) < 4.78 is 7.85. The van der Waals surface area contributed by atoms with Crippen molar-refractivity contribution in [3.8, 4) is 0 Å². The van der Waals surface area contributed by atoms with Crippen molar-refractivity contribution in [2.24, 2.45) is 13.0 Å². The van der Waals surface area contributed by atoms with Crippen LogP contribution in [0, 0.1) is 5.92 Å². The third-order valence-electron chi connectivity index (χ3n) is 3.69. The zero-order chi connectivity index (χ0) is 9.76. The maximum absolute atomic E-state index is 5.90. The van der Waals surface area contributed by atoms with Crippen molar-refractivity contribution in [1.82, 2.24) is 9.78 Å². The highest BCUT2D eigenvalue weighted by Gasteiger charge is 2.60. The molecule has 0 radical (unpaired) electrons. The van der Waals surface area contributed by atoms with Crippen LogP contribution in [-0.4, -0.2) is 15.9 Å². The molecule has 2 aliphatic rings. The highest BCUT2D eigenvalue weighted by atomic mass is 16.6. The van der Waals surface area contributed by atoms with Gasteiger partial charge in [-0.2, -0.15) is 5.10 Å². The van der Waals surface area contributed by atoms with Crippen LogP contribution in [0.5, 0.6) is 0 Å². The number of hydrogen-bond donors (Lipinski definition) is 0. The highest BCUT2D eigenvalue weighted by Crippen LogP contribution is 2.56. The van der Waals surface area contributed by atoms with Crippen LogP contribution in [0.2, 0.25) is 0 Å². The van der Waals surface area contributed by atoms with E-state index < -0.39 is 0 Å². The summed E-state index contributed by atoms with van der Waals surface area (Å²) in [6.07, 6.45) is 5.98. The first-order chi connectivity index (χ1) is 6.72. The van der Waals surface area contributed by atoms with Gasteiger partial charge in [0.05, 0.1) is 11.8 Å². The topological polar surface area (TPSA) is 30.4 Å². The molecule has 1 aliphatic carbocycles. The molecule has 1 aliphatic heterocycles. The maximum Gasteiger partial charge on any atom is 0.136 e. The molecule has 1 saturated carbocycles. The van der Waals surface area contributed by atoms with Crippen LogP contribution in [0.3, 0.4) is 0 Å². The molecule has 3 nitrogen and oxygen atoms in total. The molecule has 3 rings (SSSR count). The Morgan fingerprint density at radius 2 is 2.50 bits per heavy atom. The quantitative estimate of drug-likeness (QED) is 0.635. The molecule has 1 aromatic rings. The Bertz CT molecular complexity index is 360. The lowest BCUT2D eigenvalue weighted by Gasteiger charge is -2.21. The summed E-state index contributed by atoms with van der Waals surface area (Å²) in [5.41, 5.74) is 1.30. The van der Waals surface area contributed by atoms with Crippen LogP contribution in [0.25, 0.3) is 0 Å². The summed E-state index contributed by atoms with van der Waals surface area (Å²) in [5, 5.41) is 4.22. The van der Waals surface area contributed by atoms with Crippen LogP contribution in [0.15, 0.2) is 12.3 Å². The predicted octanol–water partition coefficient (Wildman–Crippen LogP) is 1.83. The van der Waals surface area contributed by atoms with E-state index in [0.29, 0.717) is 6.10 Å². The SMILES string of the molecule is CC1CCC2(c3ccnn3C)OC2C1. The number of nitrogens with zero attached hydrogens (tertiary/aromatic N) is 2. The van der Waals surface area contributed by atoms with Gasteiger partial charge in [0.15, 0.2) is 0 Å². The van der Waals surface area contributed by atoms with Gasteiger partial charge in [-0.3, -0.25) is 4.68 Å². The summed E-state index contributed by atoms with van der Waals surface area (Å²) in [5.74, 6) is 0.823. The molecular weight excluding hydrogens is 176 g/mol. The Labute approximate surface area is 84.1 Å². The lowest BCUT2D eigenvalue weighted by atomic mass is 9.81. The van der Waals surface area contributed by atoms with E-state index in [1.54, 1.807) is 0 Å². The number of ether oxygens (including phenoxy) is 1. The second kappa shape index (κ2) is 2.60. The molecular formula is C11H16N2O. The van der Waals surface area contributed by atoms with Gasteiger partial charge in [-0.25, -0.2) is 0 Å². The first-order valence-electron chi connectivity index (χ1n) is 5.39. The third kappa shape index (κ3) is 0.989. The van der Waals surface area contributed by atoms with Crippen LogP contribution in [0.1, 0.15) is 31.9 Å². The Balaban J connectivity index is 1.91. The minimum absolute atomic E-state index is 0.0394. The summed E-state index contributed by atoms with van der Waals surface area (Å²) >= 11 is 0. The number of aryl methyl sites for hydroxylation is 1. The molecule has 2 fully saturated rings. The average Bonchev–Trinajstić information content (AvgIpc) is 2.71. The smallest absolute Gasteiger partial charge is 0.136 e. The second-order valence-corrected chi connectivity index (χ2v) is 4.72. The van der Waals surface area contributed by atoms with E-state index in [0.717, 1.165) is 5.92 Å². The van der Waals surface area contributed by atoms with Gasteiger partial charge in [0.25, 0.3) is 0 Å². The minimum atomic E-state index is 0.0394. The van der Waals surface area contributed by atoms with Crippen molar-refractivity contribution in [1.29, 1.82) is 0 Å². The molecule has 76 valence electrons. The standard InChI is InChI=1S/C11H16N2O/c1-8-3-5-11(10(7-8)14-11)9-4-6-12-13(9)2/h4,6,8,10H,3,5,7H2,1-2H3. The van der Waals surface area contributed by atoms with Crippen molar-refractivity contribution in [2.45, 2.75) is 37.9 Å². The lowest BCUT2D eigenvalue weighted by molar-refractivity contribution is 0.273. The van der Waals surface area contributed by atoms with E-state index in [1.807, 2.05) is 17.9 Å². The molecule has 2 heterocycles. The largest absolute Gasteiger partial charge is 0.359 e.